The summed E-state index contributed by atoms with van der Waals surface area (Å²) in [4.78, 5) is 11.4. The summed E-state index contributed by atoms with van der Waals surface area (Å²) in [5, 5.41) is 2.72. The third-order valence-corrected chi connectivity index (χ3v) is 2.59. The van der Waals surface area contributed by atoms with E-state index in [1.54, 1.807) is 18.3 Å². The van der Waals surface area contributed by atoms with Gasteiger partial charge in [0.25, 0.3) is 0 Å². The molecule has 9 heteroatoms. The van der Waals surface area contributed by atoms with Crippen LogP contribution in [0.3, 0.4) is 0 Å². The number of nitrogens with zero attached hydrogens (tertiary/aromatic N) is 3. The van der Waals surface area contributed by atoms with Crippen LogP contribution in [0.15, 0.2) is 58.8 Å². The van der Waals surface area contributed by atoms with E-state index >= 15 is 0 Å². The summed E-state index contributed by atoms with van der Waals surface area (Å²) < 4.78 is 37.8. The Morgan fingerprint density at radius 2 is 1.91 bits per heavy atom. The third kappa shape index (κ3) is 4.99. The van der Waals surface area contributed by atoms with Crippen molar-refractivity contribution in [1.82, 2.24) is 4.98 Å². The lowest BCUT2D eigenvalue weighted by molar-refractivity contribution is -0.137. The largest absolute Gasteiger partial charge is 0.416 e. The van der Waals surface area contributed by atoms with Crippen molar-refractivity contribution in [3.8, 4) is 0 Å². The summed E-state index contributed by atoms with van der Waals surface area (Å²) in [5.41, 5.74) is 11.0. The van der Waals surface area contributed by atoms with Crippen LogP contribution in [0.25, 0.3) is 0 Å². The van der Waals surface area contributed by atoms with E-state index < -0.39 is 11.7 Å². The quantitative estimate of drug-likeness (QED) is 0.584. The normalized spacial score (nSPS) is 13.0. The van der Waals surface area contributed by atoms with Crippen molar-refractivity contribution >= 4 is 23.3 Å². The molecule has 0 bridgehead atoms. The smallest absolute Gasteiger partial charge is 0.369 e. The summed E-state index contributed by atoms with van der Waals surface area (Å²) in [5.74, 6) is -0.343. The summed E-state index contributed by atoms with van der Waals surface area (Å²) in [6, 6.07) is 7.81. The number of halogens is 3. The molecule has 0 aliphatic heterocycles. The molecular formula is C14H13F3N6. The van der Waals surface area contributed by atoms with Gasteiger partial charge in [0.05, 0.1) is 23.1 Å². The molecule has 6 nitrogen and oxygen atoms in total. The summed E-state index contributed by atoms with van der Waals surface area (Å²) in [7, 11) is 0. The number of nitrogens with one attached hydrogen (secondary N) is 1. The van der Waals surface area contributed by atoms with Gasteiger partial charge in [-0.2, -0.15) is 18.2 Å². The van der Waals surface area contributed by atoms with Gasteiger partial charge in [0.1, 0.15) is 0 Å². The number of aromatic nitrogens is 1. The van der Waals surface area contributed by atoms with Crippen molar-refractivity contribution in [2.45, 2.75) is 6.18 Å². The van der Waals surface area contributed by atoms with Crippen molar-refractivity contribution in [3.63, 3.8) is 0 Å². The van der Waals surface area contributed by atoms with Crippen LogP contribution in [0, 0.1) is 0 Å². The van der Waals surface area contributed by atoms with Crippen molar-refractivity contribution < 1.29 is 13.2 Å². The number of benzene rings is 1. The van der Waals surface area contributed by atoms with Crippen LogP contribution in [0.4, 0.5) is 24.5 Å². The molecule has 0 atom stereocenters. The Bertz CT molecular complexity index is 725. The molecule has 2 aromatic rings. The van der Waals surface area contributed by atoms with Gasteiger partial charge in [0.15, 0.2) is 0 Å². The highest BCUT2D eigenvalue weighted by Gasteiger charge is 2.30. The molecule has 0 amide bonds. The number of rotatable bonds is 2. The molecule has 0 aliphatic carbocycles. The summed E-state index contributed by atoms with van der Waals surface area (Å²) in [6.07, 6.45) is -1.35. The van der Waals surface area contributed by atoms with E-state index in [0.29, 0.717) is 5.69 Å². The van der Waals surface area contributed by atoms with Crippen molar-refractivity contribution in [3.05, 3.63) is 54.4 Å². The van der Waals surface area contributed by atoms with Gasteiger partial charge in [-0.25, -0.2) is 4.99 Å². The Balaban J connectivity index is 2.15. The SMILES string of the molecule is NC(=Nc1cccc(C(F)(F)F)c1)/N=C(\N)Nc1cccnc1. The average Bonchev–Trinajstić information content (AvgIpc) is 2.47. The molecule has 1 aromatic carbocycles. The number of hydrogen-bond donors (Lipinski definition) is 3. The monoisotopic (exact) mass is 322 g/mol. The number of aliphatic imine (C=N–C) groups is 2. The van der Waals surface area contributed by atoms with Gasteiger partial charge in [0, 0.05) is 6.20 Å². The highest BCUT2D eigenvalue weighted by atomic mass is 19.4. The van der Waals surface area contributed by atoms with E-state index in [2.05, 4.69) is 20.3 Å². The van der Waals surface area contributed by atoms with Gasteiger partial charge in [-0.15, -0.1) is 0 Å². The molecule has 0 saturated heterocycles. The maximum Gasteiger partial charge on any atom is 0.416 e. The second-order valence-electron chi connectivity index (χ2n) is 4.38. The van der Waals surface area contributed by atoms with E-state index in [1.807, 2.05) is 0 Å². The fourth-order valence-corrected chi connectivity index (χ4v) is 1.64. The van der Waals surface area contributed by atoms with Crippen molar-refractivity contribution in [2.75, 3.05) is 5.32 Å². The number of pyridine rings is 1. The lowest BCUT2D eigenvalue weighted by Crippen LogP contribution is -2.26. The highest BCUT2D eigenvalue weighted by Crippen LogP contribution is 2.31. The van der Waals surface area contributed by atoms with E-state index in [9.17, 15) is 13.2 Å². The maximum atomic E-state index is 12.6. The van der Waals surface area contributed by atoms with Crippen LogP contribution >= 0.6 is 0 Å². The number of alkyl halides is 3. The molecule has 2 rings (SSSR count). The first-order valence-corrected chi connectivity index (χ1v) is 6.37. The first-order chi connectivity index (χ1) is 10.8. The lowest BCUT2D eigenvalue weighted by Gasteiger charge is -2.07. The highest BCUT2D eigenvalue weighted by molar-refractivity contribution is 6.01. The second kappa shape index (κ2) is 6.77. The van der Waals surface area contributed by atoms with Crippen LogP contribution < -0.4 is 16.8 Å². The lowest BCUT2D eigenvalue weighted by atomic mass is 10.2. The van der Waals surface area contributed by atoms with Gasteiger partial charge in [-0.3, -0.25) is 4.98 Å². The number of guanidine groups is 2. The maximum absolute atomic E-state index is 12.6. The minimum atomic E-state index is -4.45. The van der Waals surface area contributed by atoms with Gasteiger partial charge >= 0.3 is 6.18 Å². The molecular weight excluding hydrogens is 309 g/mol. The molecule has 1 aromatic heterocycles. The topological polar surface area (TPSA) is 102 Å². The summed E-state index contributed by atoms with van der Waals surface area (Å²) in [6.45, 7) is 0. The van der Waals surface area contributed by atoms with Crippen LogP contribution in [-0.4, -0.2) is 16.9 Å². The molecule has 0 radical (unpaired) electrons. The third-order valence-electron chi connectivity index (χ3n) is 2.59. The first kappa shape index (κ1) is 16.3. The predicted octanol–water partition coefficient (Wildman–Crippen LogP) is 2.47. The Kier molecular flexibility index (Phi) is 4.79. The van der Waals surface area contributed by atoms with E-state index in [4.69, 9.17) is 11.5 Å². The minimum Gasteiger partial charge on any atom is -0.369 e. The fourth-order valence-electron chi connectivity index (χ4n) is 1.64. The molecule has 0 spiro atoms. The van der Waals surface area contributed by atoms with Gasteiger partial charge in [0.2, 0.25) is 11.9 Å². The Labute approximate surface area is 129 Å². The van der Waals surface area contributed by atoms with E-state index in [-0.39, 0.29) is 17.6 Å². The average molecular weight is 322 g/mol. The van der Waals surface area contributed by atoms with E-state index in [0.717, 1.165) is 12.1 Å². The number of hydrogen-bond acceptors (Lipinski definition) is 2. The van der Waals surface area contributed by atoms with Crippen LogP contribution in [0.5, 0.6) is 0 Å². The molecule has 23 heavy (non-hydrogen) atoms. The Morgan fingerprint density at radius 3 is 2.57 bits per heavy atom. The first-order valence-electron chi connectivity index (χ1n) is 6.37. The Hall–Kier alpha value is -3.10. The van der Waals surface area contributed by atoms with Gasteiger partial charge < -0.3 is 16.8 Å². The number of nitrogens with two attached hydrogens (primary N) is 2. The molecule has 1 heterocycles. The predicted molar refractivity (Wildman–Crippen MR) is 82.2 cm³/mol. The van der Waals surface area contributed by atoms with Crippen LogP contribution in [0.2, 0.25) is 0 Å². The van der Waals surface area contributed by atoms with E-state index in [1.165, 1.54) is 18.3 Å². The van der Waals surface area contributed by atoms with Crippen LogP contribution in [-0.2, 0) is 6.18 Å². The van der Waals surface area contributed by atoms with Gasteiger partial charge in [-0.05, 0) is 30.3 Å². The molecule has 5 N–H and O–H groups in total. The molecule has 0 unspecified atom stereocenters. The molecule has 0 fully saturated rings. The number of anilines is 1. The fraction of sp³-hybridized carbons (Fsp3) is 0.0714. The Morgan fingerprint density at radius 1 is 1.13 bits per heavy atom. The molecule has 0 aliphatic rings. The molecule has 120 valence electrons. The van der Waals surface area contributed by atoms with Crippen molar-refractivity contribution in [2.24, 2.45) is 21.5 Å². The van der Waals surface area contributed by atoms with Gasteiger partial charge in [-0.1, -0.05) is 6.07 Å². The standard InChI is InChI=1S/C14H13F3N6/c15-14(16,17)9-3-1-4-10(7-9)21-12(18)23-13(19)22-11-5-2-6-20-8-11/h1-8H,(H5,18,19,21,22,23). The zero-order valence-corrected chi connectivity index (χ0v) is 11.7. The van der Waals surface area contributed by atoms with Crippen molar-refractivity contribution in [1.29, 1.82) is 0 Å². The minimum absolute atomic E-state index is 0.0234. The molecule has 0 saturated carbocycles. The second-order valence-corrected chi connectivity index (χ2v) is 4.38. The zero-order valence-electron chi connectivity index (χ0n) is 11.7. The zero-order chi connectivity index (χ0) is 16.9. The van der Waals surface area contributed by atoms with Crippen LogP contribution in [0.1, 0.15) is 5.56 Å². The summed E-state index contributed by atoms with van der Waals surface area (Å²) >= 11 is 0.